The molecule has 1 aromatic rings. The molecular weight excluding hydrogens is 346 g/mol. The predicted molar refractivity (Wildman–Crippen MR) is 107 cm³/mol. The van der Waals surface area contributed by atoms with Crippen molar-refractivity contribution in [2.24, 2.45) is 5.92 Å². The number of hydrogen-bond donors (Lipinski definition) is 1. The van der Waals surface area contributed by atoms with Gasteiger partial charge in [0, 0.05) is 54.9 Å². The third kappa shape index (κ3) is 5.09. The number of benzene rings is 1. The molecule has 0 radical (unpaired) electrons. The van der Waals surface area contributed by atoms with E-state index in [0.717, 1.165) is 36.8 Å². The van der Waals surface area contributed by atoms with E-state index in [4.69, 9.17) is 0 Å². The lowest BCUT2D eigenvalue weighted by Crippen LogP contribution is -2.51. The predicted octanol–water partition coefficient (Wildman–Crippen LogP) is 3.45. The zero-order valence-corrected chi connectivity index (χ0v) is 16.5. The highest BCUT2D eigenvalue weighted by molar-refractivity contribution is 7.80. The Hall–Kier alpha value is -1.37. The largest absolute Gasteiger partial charge is 0.755 e. The van der Waals surface area contributed by atoms with E-state index < -0.39 is 11.3 Å². The van der Waals surface area contributed by atoms with Gasteiger partial charge in [-0.2, -0.15) is 0 Å². The van der Waals surface area contributed by atoms with Crippen LogP contribution in [-0.4, -0.2) is 50.8 Å². The number of hydrogen-bond acceptors (Lipinski definition) is 4. The van der Waals surface area contributed by atoms with Gasteiger partial charge in [0.1, 0.15) is 0 Å². The van der Waals surface area contributed by atoms with Crippen molar-refractivity contribution in [3.63, 3.8) is 0 Å². The van der Waals surface area contributed by atoms with Crippen LogP contribution >= 0.6 is 0 Å². The molecule has 1 aromatic carbocycles. The lowest BCUT2D eigenvalue weighted by Gasteiger charge is -2.43. The van der Waals surface area contributed by atoms with E-state index in [2.05, 4.69) is 28.0 Å². The third-order valence-corrected chi connectivity index (χ3v) is 6.12. The summed E-state index contributed by atoms with van der Waals surface area (Å²) >= 11 is -2.29. The summed E-state index contributed by atoms with van der Waals surface area (Å²) in [5.41, 5.74) is 2.63. The summed E-state index contributed by atoms with van der Waals surface area (Å²) in [6.07, 6.45) is 7.02. The van der Waals surface area contributed by atoms with E-state index >= 15 is 0 Å². The Bertz CT molecular complexity index is 628. The molecular formula is C20H30N3O2S-. The van der Waals surface area contributed by atoms with E-state index in [0.29, 0.717) is 11.7 Å². The molecule has 0 spiro atoms. The molecule has 144 valence electrons. The molecule has 0 amide bonds. The molecule has 3 rings (SSSR count). The molecule has 2 atom stereocenters. The fourth-order valence-corrected chi connectivity index (χ4v) is 4.66. The SMILES string of the molecule is C=C(c1ccc(NS(=O)[O-])cc1)N1CCN(CC2CCCCC2)CC1C. The third-order valence-electron chi connectivity index (χ3n) is 5.72. The highest BCUT2D eigenvalue weighted by atomic mass is 32.2. The fourth-order valence-electron chi connectivity index (χ4n) is 4.33. The van der Waals surface area contributed by atoms with Crippen LogP contribution in [0.25, 0.3) is 5.70 Å². The molecule has 1 saturated heterocycles. The van der Waals surface area contributed by atoms with Crippen molar-refractivity contribution in [2.45, 2.75) is 45.1 Å². The van der Waals surface area contributed by atoms with Crippen LogP contribution in [0, 0.1) is 5.92 Å². The highest BCUT2D eigenvalue weighted by Gasteiger charge is 2.27. The average molecular weight is 377 g/mol. The summed E-state index contributed by atoms with van der Waals surface area (Å²) in [5, 5.41) is 0. The fraction of sp³-hybridized carbons (Fsp3) is 0.600. The maximum absolute atomic E-state index is 10.7. The minimum Gasteiger partial charge on any atom is -0.755 e. The molecule has 1 N–H and O–H groups in total. The lowest BCUT2D eigenvalue weighted by atomic mass is 9.88. The first kappa shape index (κ1) is 19.4. The molecule has 1 aliphatic heterocycles. The Balaban J connectivity index is 1.54. The first-order valence-corrected chi connectivity index (χ1v) is 10.7. The van der Waals surface area contributed by atoms with Crippen molar-refractivity contribution in [1.29, 1.82) is 0 Å². The van der Waals surface area contributed by atoms with Crippen LogP contribution in [0.5, 0.6) is 0 Å². The Morgan fingerprint density at radius 2 is 1.92 bits per heavy atom. The zero-order chi connectivity index (χ0) is 18.5. The van der Waals surface area contributed by atoms with Gasteiger partial charge in [0.25, 0.3) is 0 Å². The van der Waals surface area contributed by atoms with Gasteiger partial charge in [-0.25, -0.2) is 0 Å². The van der Waals surface area contributed by atoms with E-state index in [1.54, 1.807) is 12.1 Å². The lowest BCUT2D eigenvalue weighted by molar-refractivity contribution is 0.105. The van der Waals surface area contributed by atoms with Crippen molar-refractivity contribution in [3.8, 4) is 0 Å². The van der Waals surface area contributed by atoms with Crippen LogP contribution in [0.3, 0.4) is 0 Å². The van der Waals surface area contributed by atoms with Crippen LogP contribution in [0.15, 0.2) is 30.8 Å². The van der Waals surface area contributed by atoms with Crippen LogP contribution in [-0.2, 0) is 11.3 Å². The van der Waals surface area contributed by atoms with Gasteiger partial charge in [-0.05, 0) is 43.4 Å². The minimum atomic E-state index is -2.29. The van der Waals surface area contributed by atoms with Crippen molar-refractivity contribution >= 4 is 22.7 Å². The van der Waals surface area contributed by atoms with Gasteiger partial charge in [0.2, 0.25) is 0 Å². The van der Waals surface area contributed by atoms with Crippen molar-refractivity contribution in [2.75, 3.05) is 30.9 Å². The molecule has 2 aliphatic rings. The quantitative estimate of drug-likeness (QED) is 0.773. The number of piperazine rings is 1. The second kappa shape index (κ2) is 9.02. The van der Waals surface area contributed by atoms with Gasteiger partial charge in [-0.15, -0.1) is 0 Å². The Morgan fingerprint density at radius 1 is 1.23 bits per heavy atom. The number of nitrogens with zero attached hydrogens (tertiary/aromatic N) is 2. The second-order valence-corrected chi connectivity index (χ2v) is 8.34. The van der Waals surface area contributed by atoms with Crippen molar-refractivity contribution in [1.82, 2.24) is 9.80 Å². The molecule has 1 heterocycles. The van der Waals surface area contributed by atoms with Gasteiger partial charge >= 0.3 is 0 Å². The Labute approximate surface area is 159 Å². The van der Waals surface area contributed by atoms with Crippen LogP contribution in [0.2, 0.25) is 0 Å². The smallest absolute Gasteiger partial charge is 0.0452 e. The summed E-state index contributed by atoms with van der Waals surface area (Å²) < 4.78 is 23.8. The monoisotopic (exact) mass is 376 g/mol. The van der Waals surface area contributed by atoms with E-state index in [9.17, 15) is 8.76 Å². The molecule has 5 nitrogen and oxygen atoms in total. The zero-order valence-electron chi connectivity index (χ0n) is 15.7. The number of rotatable bonds is 6. The maximum Gasteiger partial charge on any atom is 0.0452 e. The van der Waals surface area contributed by atoms with Crippen LogP contribution in [0.1, 0.15) is 44.6 Å². The summed E-state index contributed by atoms with van der Waals surface area (Å²) in [7, 11) is 0. The minimum absolute atomic E-state index is 0.437. The molecule has 1 aliphatic carbocycles. The Kier molecular flexibility index (Phi) is 6.73. The molecule has 2 unspecified atom stereocenters. The molecule has 0 bridgehead atoms. The normalized spacial score (nSPS) is 23.6. The average Bonchev–Trinajstić information content (AvgIpc) is 2.62. The van der Waals surface area contributed by atoms with E-state index in [1.165, 1.54) is 38.6 Å². The van der Waals surface area contributed by atoms with Gasteiger partial charge in [0.15, 0.2) is 0 Å². The summed E-state index contributed by atoms with van der Waals surface area (Å²) in [6, 6.07) is 7.85. The highest BCUT2D eigenvalue weighted by Crippen LogP contribution is 2.27. The van der Waals surface area contributed by atoms with Gasteiger partial charge in [0.05, 0.1) is 0 Å². The van der Waals surface area contributed by atoms with Gasteiger partial charge < -0.3 is 14.2 Å². The maximum atomic E-state index is 10.7. The van der Waals surface area contributed by atoms with Gasteiger partial charge in [-0.1, -0.05) is 38.0 Å². The Morgan fingerprint density at radius 3 is 2.54 bits per heavy atom. The first-order chi connectivity index (χ1) is 12.5. The summed E-state index contributed by atoms with van der Waals surface area (Å²) in [4.78, 5) is 5.01. The standard InChI is InChI=1S/C20H31N3O2S/c1-16-14-22(15-18-6-4-3-5-7-18)12-13-23(16)17(2)19-8-10-20(11-9-19)21-26(24)25/h8-11,16,18,21H,2-7,12-15H2,1H3,(H,24,25)/p-1. The van der Waals surface area contributed by atoms with E-state index in [-0.39, 0.29) is 0 Å². The molecule has 2 fully saturated rings. The van der Waals surface area contributed by atoms with Crippen LogP contribution in [0.4, 0.5) is 5.69 Å². The van der Waals surface area contributed by atoms with Gasteiger partial charge in [-0.3, -0.25) is 9.11 Å². The van der Waals surface area contributed by atoms with E-state index in [1.807, 2.05) is 12.1 Å². The number of anilines is 1. The molecule has 26 heavy (non-hydrogen) atoms. The van der Waals surface area contributed by atoms with Crippen molar-refractivity contribution < 1.29 is 8.76 Å². The second-order valence-electron chi connectivity index (χ2n) is 7.67. The van der Waals surface area contributed by atoms with Crippen LogP contribution < -0.4 is 4.72 Å². The summed E-state index contributed by atoms with van der Waals surface area (Å²) in [6.45, 7) is 11.0. The first-order valence-electron chi connectivity index (χ1n) is 9.67. The topological polar surface area (TPSA) is 58.6 Å². The summed E-state index contributed by atoms with van der Waals surface area (Å²) in [5.74, 6) is 0.886. The molecule has 1 saturated carbocycles. The molecule has 0 aromatic heterocycles. The molecule has 6 heteroatoms. The number of nitrogens with one attached hydrogen (secondary N) is 1. The van der Waals surface area contributed by atoms with Crippen molar-refractivity contribution in [3.05, 3.63) is 36.4 Å².